The molecule has 1 fully saturated rings. The molecule has 0 aromatic heterocycles. The first-order valence-corrected chi connectivity index (χ1v) is 10.5. The zero-order valence-electron chi connectivity index (χ0n) is 15.2. The topological polar surface area (TPSA) is 61.9 Å². The lowest BCUT2D eigenvalue weighted by atomic mass is 10.1. The summed E-state index contributed by atoms with van der Waals surface area (Å²) in [6.45, 7) is 1.89. The summed E-state index contributed by atoms with van der Waals surface area (Å²) < 4.78 is 10.2. The largest absolute Gasteiger partial charge is 0.379 e. The molecule has 2 aromatic rings. The van der Waals surface area contributed by atoms with Crippen LogP contribution in [-0.4, -0.2) is 32.8 Å². The number of ether oxygens (including phenoxy) is 1. The summed E-state index contributed by atoms with van der Waals surface area (Å²) in [7, 11) is 0. The molecule has 3 aliphatic rings. The van der Waals surface area contributed by atoms with Gasteiger partial charge in [0, 0.05) is 15.6 Å². The van der Waals surface area contributed by atoms with Gasteiger partial charge in [-0.05, 0) is 59.2 Å². The first-order chi connectivity index (χ1) is 13.7. The number of halogens is 1. The summed E-state index contributed by atoms with van der Waals surface area (Å²) in [6.07, 6.45) is 1.85. The van der Waals surface area contributed by atoms with Crippen molar-refractivity contribution in [2.45, 2.75) is 25.4 Å². The van der Waals surface area contributed by atoms with Crippen LogP contribution in [0.4, 0.5) is 0 Å². The van der Waals surface area contributed by atoms with Crippen molar-refractivity contribution in [2.24, 2.45) is 0 Å². The molecule has 7 heteroatoms. The van der Waals surface area contributed by atoms with Crippen molar-refractivity contribution in [2.75, 3.05) is 13.2 Å². The minimum absolute atomic E-state index is 0.0149. The Hall–Kier alpha value is -2.26. The predicted octanol–water partition coefficient (Wildman–Crippen LogP) is 3.70. The molecule has 0 bridgehead atoms. The third-order valence-corrected chi connectivity index (χ3v) is 5.95. The van der Waals surface area contributed by atoms with E-state index in [1.165, 1.54) is 3.57 Å². The Kier molecular flexibility index (Phi) is 4.64. The van der Waals surface area contributed by atoms with Gasteiger partial charge in [0.2, 0.25) is 0 Å². The van der Waals surface area contributed by atoms with Gasteiger partial charge in [0.05, 0.1) is 24.7 Å². The average molecular weight is 486 g/mol. The van der Waals surface area contributed by atoms with Gasteiger partial charge < -0.3 is 4.74 Å². The van der Waals surface area contributed by atoms with Gasteiger partial charge in [-0.3, -0.25) is 9.48 Å². The van der Waals surface area contributed by atoms with Gasteiger partial charge in [-0.15, -0.1) is 0 Å². The monoisotopic (exact) mass is 486 g/mol. The smallest absolute Gasteiger partial charge is 0.297 e. The minimum atomic E-state index is -0.132. The number of nitrogens with zero attached hydrogens (tertiary/aromatic N) is 4. The van der Waals surface area contributed by atoms with Crippen molar-refractivity contribution >= 4 is 33.5 Å². The molecule has 0 saturated carbocycles. The fourth-order valence-corrected chi connectivity index (χ4v) is 4.16. The molecule has 6 nitrogen and oxygen atoms in total. The third kappa shape index (κ3) is 3.12. The highest BCUT2D eigenvalue weighted by Gasteiger charge is 2.26. The Morgan fingerprint density at radius 3 is 2.68 bits per heavy atom. The summed E-state index contributed by atoms with van der Waals surface area (Å²) in [4.78, 5) is 13.1. The summed E-state index contributed by atoms with van der Waals surface area (Å²) in [5, 5.41) is 10.3. The Bertz CT molecular complexity index is 1160. The van der Waals surface area contributed by atoms with Crippen molar-refractivity contribution in [3.8, 4) is 11.4 Å². The Morgan fingerprint density at radius 2 is 1.89 bits per heavy atom. The molecule has 3 aliphatic heterocycles. The van der Waals surface area contributed by atoms with Crippen LogP contribution in [0.3, 0.4) is 0 Å². The summed E-state index contributed by atoms with van der Waals surface area (Å²) in [6, 6.07) is 16.3. The molecule has 1 saturated heterocycles. The highest BCUT2D eigenvalue weighted by Crippen LogP contribution is 2.27. The van der Waals surface area contributed by atoms with Crippen LogP contribution in [-0.2, 0) is 11.3 Å². The second-order valence-electron chi connectivity index (χ2n) is 7.12. The van der Waals surface area contributed by atoms with Gasteiger partial charge in [-0.25, -0.2) is 4.68 Å². The number of rotatable bonds is 3. The maximum atomic E-state index is 13.1. The second kappa shape index (κ2) is 7.29. The highest BCUT2D eigenvalue weighted by molar-refractivity contribution is 14.1. The Labute approximate surface area is 175 Å². The number of fused-ring (bicyclic) bond motifs is 3. The van der Waals surface area contributed by atoms with Gasteiger partial charge in [-0.1, -0.05) is 30.3 Å². The van der Waals surface area contributed by atoms with Gasteiger partial charge in [0.15, 0.2) is 5.69 Å². The second-order valence-corrected chi connectivity index (χ2v) is 8.36. The fourth-order valence-electron chi connectivity index (χ4n) is 3.80. The summed E-state index contributed by atoms with van der Waals surface area (Å²) in [5.74, 6) is 0. The van der Waals surface area contributed by atoms with Gasteiger partial charge in [0.25, 0.3) is 5.56 Å². The lowest BCUT2D eigenvalue weighted by Crippen LogP contribution is -2.29. The van der Waals surface area contributed by atoms with Crippen molar-refractivity contribution in [3.63, 3.8) is 0 Å². The van der Waals surface area contributed by atoms with Crippen LogP contribution in [0.5, 0.6) is 0 Å². The molecule has 28 heavy (non-hydrogen) atoms. The lowest BCUT2D eigenvalue weighted by molar-refractivity contribution is 0.0540. The van der Waals surface area contributed by atoms with E-state index >= 15 is 0 Å². The number of para-hydroxylation sites is 1. The van der Waals surface area contributed by atoms with E-state index in [-0.39, 0.29) is 11.6 Å². The van der Waals surface area contributed by atoms with Crippen LogP contribution in [0.1, 0.15) is 24.4 Å². The summed E-state index contributed by atoms with van der Waals surface area (Å²) >= 11 is 2.30. The van der Waals surface area contributed by atoms with E-state index in [1.807, 2.05) is 28.9 Å². The number of aromatic nitrogens is 4. The number of benzene rings is 2. The zero-order chi connectivity index (χ0) is 19.1. The Balaban J connectivity index is 1.67. The highest BCUT2D eigenvalue weighted by atomic mass is 127. The molecule has 5 rings (SSSR count). The fraction of sp³-hybridized carbons (Fsp3) is 0.286. The molecule has 0 radical (unpaired) electrons. The number of hydrogen-bond acceptors (Lipinski definition) is 4. The number of hydrogen-bond donors (Lipinski definition) is 0. The quantitative estimate of drug-likeness (QED) is 0.415. The van der Waals surface area contributed by atoms with Gasteiger partial charge in [-0.2, -0.15) is 10.2 Å². The molecule has 0 spiro atoms. The molecule has 3 heterocycles. The molecule has 0 N–H and O–H groups in total. The van der Waals surface area contributed by atoms with Crippen LogP contribution < -0.4 is 5.56 Å². The van der Waals surface area contributed by atoms with Gasteiger partial charge >= 0.3 is 0 Å². The van der Waals surface area contributed by atoms with E-state index in [1.54, 1.807) is 4.68 Å². The van der Waals surface area contributed by atoms with Crippen molar-refractivity contribution in [1.82, 2.24) is 19.6 Å². The van der Waals surface area contributed by atoms with E-state index in [0.29, 0.717) is 24.5 Å². The Morgan fingerprint density at radius 1 is 1.07 bits per heavy atom. The molecule has 142 valence electrons. The SMILES string of the molecule is O=c1c2nn(Cc3ccc(I)cc3)c3ccccc3c-2nn1C1CCCOC1. The van der Waals surface area contributed by atoms with Crippen LogP contribution >= 0.6 is 22.6 Å². The van der Waals surface area contributed by atoms with E-state index in [2.05, 4.69) is 52.0 Å². The van der Waals surface area contributed by atoms with Gasteiger partial charge in [0.1, 0.15) is 5.69 Å². The molecule has 1 unspecified atom stereocenters. The average Bonchev–Trinajstić information content (AvgIpc) is 3.07. The molecule has 2 aromatic carbocycles. The van der Waals surface area contributed by atoms with Crippen LogP contribution in [0.25, 0.3) is 22.3 Å². The zero-order valence-corrected chi connectivity index (χ0v) is 17.4. The van der Waals surface area contributed by atoms with E-state index in [9.17, 15) is 4.79 Å². The van der Waals surface area contributed by atoms with E-state index in [0.717, 1.165) is 35.9 Å². The molecule has 0 aliphatic carbocycles. The molecular formula is C21H19IN4O2. The molecule has 1 atom stereocenters. The summed E-state index contributed by atoms with van der Waals surface area (Å²) in [5.41, 5.74) is 3.08. The van der Waals surface area contributed by atoms with Crippen molar-refractivity contribution in [3.05, 3.63) is 68.0 Å². The molecular weight excluding hydrogens is 467 g/mol. The lowest BCUT2D eigenvalue weighted by Gasteiger charge is -2.21. The molecule has 0 amide bonds. The third-order valence-electron chi connectivity index (χ3n) is 5.23. The van der Waals surface area contributed by atoms with Crippen LogP contribution in [0, 0.1) is 3.57 Å². The predicted molar refractivity (Wildman–Crippen MR) is 116 cm³/mol. The van der Waals surface area contributed by atoms with Crippen LogP contribution in [0.15, 0.2) is 53.3 Å². The standard InChI is InChI=1S/C21H19IN4O2/c22-15-9-7-14(8-10-15)12-25-18-6-2-1-5-17(18)19-20(23-25)21(27)26(24-19)16-4-3-11-28-13-16/h1-2,5-10,16H,3-4,11-13H2. The normalized spacial score (nSPS) is 17.4. The minimum Gasteiger partial charge on any atom is -0.379 e. The van der Waals surface area contributed by atoms with Crippen molar-refractivity contribution in [1.29, 1.82) is 0 Å². The van der Waals surface area contributed by atoms with E-state index in [4.69, 9.17) is 9.84 Å². The maximum absolute atomic E-state index is 13.1. The first kappa shape index (κ1) is 17.8. The van der Waals surface area contributed by atoms with Crippen molar-refractivity contribution < 1.29 is 4.74 Å². The maximum Gasteiger partial charge on any atom is 0.297 e. The first-order valence-electron chi connectivity index (χ1n) is 9.41. The van der Waals surface area contributed by atoms with E-state index < -0.39 is 0 Å². The van der Waals surface area contributed by atoms with Crippen LogP contribution in [0.2, 0.25) is 0 Å².